The van der Waals surface area contributed by atoms with E-state index < -0.39 is 6.10 Å². The van der Waals surface area contributed by atoms with Crippen molar-refractivity contribution in [3.05, 3.63) is 30.1 Å². The normalized spacial score (nSPS) is 12.8. The molecule has 1 rings (SSSR count). The summed E-state index contributed by atoms with van der Waals surface area (Å²) in [5, 5.41) is 11.7. The van der Waals surface area contributed by atoms with Gasteiger partial charge in [0.05, 0.1) is 0 Å². The van der Waals surface area contributed by atoms with Gasteiger partial charge in [0, 0.05) is 13.2 Å². The van der Waals surface area contributed by atoms with E-state index in [4.69, 9.17) is 9.84 Å². The van der Waals surface area contributed by atoms with Gasteiger partial charge in [0.2, 0.25) is 0 Å². The van der Waals surface area contributed by atoms with Gasteiger partial charge in [-0.3, -0.25) is 4.79 Å². The molecule has 1 amide bonds. The Hall–Kier alpha value is -1.62. The Morgan fingerprint density at radius 2 is 2.00 bits per heavy atom. The number of carbonyl (C=O) groups is 1. The number of rotatable bonds is 7. The van der Waals surface area contributed by atoms with E-state index in [1.54, 1.807) is 6.92 Å². The highest BCUT2D eigenvalue weighted by Crippen LogP contribution is 2.18. The molecule has 20 heavy (non-hydrogen) atoms. The highest BCUT2D eigenvalue weighted by Gasteiger charge is 2.21. The molecule has 0 aliphatic heterocycles. The van der Waals surface area contributed by atoms with Gasteiger partial charge >= 0.3 is 0 Å². The number of hydrogen-bond donors (Lipinski definition) is 2. The second kappa shape index (κ2) is 7.24. The van der Waals surface area contributed by atoms with E-state index in [1.165, 1.54) is 24.3 Å². The molecule has 5 heteroatoms. The standard InChI is InChI=1S/C15H22FNO3/c1-11(20-13-6-4-12(16)5-7-13)14(19)17-10-15(2,3)8-9-18/h4-7,11,18H,8-10H2,1-3H3,(H,17,19). The zero-order valence-corrected chi connectivity index (χ0v) is 12.1. The summed E-state index contributed by atoms with van der Waals surface area (Å²) >= 11 is 0. The van der Waals surface area contributed by atoms with Crippen LogP contribution >= 0.6 is 0 Å². The zero-order valence-electron chi connectivity index (χ0n) is 12.1. The highest BCUT2D eigenvalue weighted by atomic mass is 19.1. The van der Waals surface area contributed by atoms with E-state index in [0.717, 1.165) is 0 Å². The summed E-state index contributed by atoms with van der Waals surface area (Å²) in [5.74, 6) is -0.135. The summed E-state index contributed by atoms with van der Waals surface area (Å²) in [7, 11) is 0. The van der Waals surface area contributed by atoms with Gasteiger partial charge in [-0.25, -0.2) is 4.39 Å². The Bertz CT molecular complexity index is 431. The van der Waals surface area contributed by atoms with Crippen molar-refractivity contribution in [3.63, 3.8) is 0 Å². The lowest BCUT2D eigenvalue weighted by atomic mass is 9.90. The maximum Gasteiger partial charge on any atom is 0.260 e. The van der Waals surface area contributed by atoms with E-state index in [0.29, 0.717) is 18.7 Å². The first-order valence-corrected chi connectivity index (χ1v) is 6.65. The van der Waals surface area contributed by atoms with Gasteiger partial charge in [-0.1, -0.05) is 13.8 Å². The molecule has 0 bridgehead atoms. The van der Waals surface area contributed by atoms with Crippen molar-refractivity contribution in [2.45, 2.75) is 33.3 Å². The molecule has 0 heterocycles. The average molecular weight is 283 g/mol. The first-order valence-electron chi connectivity index (χ1n) is 6.65. The van der Waals surface area contributed by atoms with E-state index in [1.807, 2.05) is 13.8 Å². The first kappa shape index (κ1) is 16.4. The van der Waals surface area contributed by atoms with Crippen LogP contribution in [0.2, 0.25) is 0 Å². The summed E-state index contributed by atoms with van der Waals surface area (Å²) in [6.45, 7) is 6.12. The topological polar surface area (TPSA) is 58.6 Å². The molecule has 0 radical (unpaired) electrons. The molecule has 0 saturated carbocycles. The van der Waals surface area contributed by atoms with Crippen LogP contribution in [0.5, 0.6) is 5.75 Å². The second-order valence-corrected chi connectivity index (χ2v) is 5.57. The van der Waals surface area contributed by atoms with Crippen molar-refractivity contribution in [1.82, 2.24) is 5.32 Å². The van der Waals surface area contributed by atoms with Crippen LogP contribution in [0.4, 0.5) is 4.39 Å². The van der Waals surface area contributed by atoms with Crippen LogP contribution in [0.15, 0.2) is 24.3 Å². The number of nitrogens with one attached hydrogen (secondary N) is 1. The Labute approximate surface area is 119 Å². The van der Waals surface area contributed by atoms with Crippen molar-refractivity contribution >= 4 is 5.91 Å². The number of benzene rings is 1. The summed E-state index contributed by atoms with van der Waals surface area (Å²) in [6, 6.07) is 5.53. The molecule has 0 saturated heterocycles. The summed E-state index contributed by atoms with van der Waals surface area (Å²) in [4.78, 5) is 11.9. The average Bonchev–Trinajstić information content (AvgIpc) is 2.38. The number of carbonyl (C=O) groups excluding carboxylic acids is 1. The SMILES string of the molecule is CC(Oc1ccc(F)cc1)C(=O)NCC(C)(C)CCO. The minimum Gasteiger partial charge on any atom is -0.481 e. The minimum atomic E-state index is -0.662. The third-order valence-electron chi connectivity index (χ3n) is 3.03. The molecule has 0 aliphatic rings. The van der Waals surface area contributed by atoms with Crippen molar-refractivity contribution in [1.29, 1.82) is 0 Å². The van der Waals surface area contributed by atoms with Crippen LogP contribution < -0.4 is 10.1 Å². The summed E-state index contributed by atoms with van der Waals surface area (Å²) in [5.41, 5.74) is -0.167. The molecule has 0 aliphatic carbocycles. The van der Waals surface area contributed by atoms with E-state index in [2.05, 4.69) is 5.32 Å². The Morgan fingerprint density at radius 3 is 2.55 bits per heavy atom. The lowest BCUT2D eigenvalue weighted by Gasteiger charge is -2.25. The number of halogens is 1. The zero-order chi connectivity index (χ0) is 15.2. The number of ether oxygens (including phenoxy) is 1. The molecule has 1 unspecified atom stereocenters. The number of hydrogen-bond acceptors (Lipinski definition) is 3. The summed E-state index contributed by atoms with van der Waals surface area (Å²) in [6.07, 6.45) is -0.0501. The molecule has 1 aromatic rings. The van der Waals surface area contributed by atoms with Gasteiger partial charge in [0.15, 0.2) is 6.10 Å². The molecule has 0 aromatic heterocycles. The molecule has 2 N–H and O–H groups in total. The van der Waals surface area contributed by atoms with Crippen molar-refractivity contribution in [2.24, 2.45) is 5.41 Å². The highest BCUT2D eigenvalue weighted by molar-refractivity contribution is 5.80. The third kappa shape index (κ3) is 5.57. The van der Waals surface area contributed by atoms with E-state index >= 15 is 0 Å². The molecule has 1 atom stereocenters. The van der Waals surface area contributed by atoms with Crippen LogP contribution in [-0.4, -0.2) is 30.3 Å². The fourth-order valence-electron chi connectivity index (χ4n) is 1.63. The van der Waals surface area contributed by atoms with Crippen molar-refractivity contribution in [3.8, 4) is 5.75 Å². The second-order valence-electron chi connectivity index (χ2n) is 5.57. The number of aliphatic hydroxyl groups is 1. The molecule has 0 spiro atoms. The monoisotopic (exact) mass is 283 g/mol. The van der Waals surface area contributed by atoms with Gasteiger partial charge in [0.1, 0.15) is 11.6 Å². The molecule has 4 nitrogen and oxygen atoms in total. The van der Waals surface area contributed by atoms with Crippen LogP contribution in [0, 0.1) is 11.2 Å². The van der Waals surface area contributed by atoms with Gasteiger partial charge in [0.25, 0.3) is 5.91 Å². The third-order valence-corrected chi connectivity index (χ3v) is 3.03. The van der Waals surface area contributed by atoms with Crippen LogP contribution in [0.1, 0.15) is 27.2 Å². The Balaban J connectivity index is 2.45. The molecule has 112 valence electrons. The fraction of sp³-hybridized carbons (Fsp3) is 0.533. The summed E-state index contributed by atoms with van der Waals surface area (Å²) < 4.78 is 18.2. The number of amides is 1. The number of aliphatic hydroxyl groups excluding tert-OH is 1. The molecule has 0 fully saturated rings. The first-order chi connectivity index (χ1) is 9.34. The van der Waals surface area contributed by atoms with Crippen LogP contribution in [0.3, 0.4) is 0 Å². The maximum atomic E-state index is 12.8. The van der Waals surface area contributed by atoms with Gasteiger partial charge < -0.3 is 15.2 Å². The smallest absolute Gasteiger partial charge is 0.260 e. The Morgan fingerprint density at radius 1 is 1.40 bits per heavy atom. The largest absolute Gasteiger partial charge is 0.481 e. The Kier molecular flexibility index (Phi) is 5.95. The lowest BCUT2D eigenvalue weighted by molar-refractivity contribution is -0.127. The van der Waals surface area contributed by atoms with Gasteiger partial charge in [-0.2, -0.15) is 0 Å². The fourth-order valence-corrected chi connectivity index (χ4v) is 1.63. The quantitative estimate of drug-likeness (QED) is 0.806. The maximum absolute atomic E-state index is 12.8. The van der Waals surface area contributed by atoms with Crippen molar-refractivity contribution < 1.29 is 19.0 Å². The van der Waals surface area contributed by atoms with E-state index in [9.17, 15) is 9.18 Å². The minimum absolute atomic E-state index is 0.0878. The van der Waals surface area contributed by atoms with E-state index in [-0.39, 0.29) is 23.7 Å². The van der Waals surface area contributed by atoms with Crippen LogP contribution in [0.25, 0.3) is 0 Å². The predicted octanol–water partition coefficient (Wildman–Crippen LogP) is 2.12. The van der Waals surface area contributed by atoms with Crippen molar-refractivity contribution in [2.75, 3.05) is 13.2 Å². The molecular formula is C15H22FNO3. The van der Waals surface area contributed by atoms with Crippen LogP contribution in [-0.2, 0) is 4.79 Å². The predicted molar refractivity (Wildman–Crippen MR) is 75.0 cm³/mol. The lowest BCUT2D eigenvalue weighted by Crippen LogP contribution is -2.41. The molecular weight excluding hydrogens is 261 g/mol. The van der Waals surface area contributed by atoms with Gasteiger partial charge in [-0.05, 0) is 43.0 Å². The molecule has 1 aromatic carbocycles. The van der Waals surface area contributed by atoms with Gasteiger partial charge in [-0.15, -0.1) is 0 Å².